The molecule has 0 radical (unpaired) electrons. The van der Waals surface area contributed by atoms with E-state index in [0.29, 0.717) is 19.1 Å². The van der Waals surface area contributed by atoms with Gasteiger partial charge in [0.25, 0.3) is 0 Å². The summed E-state index contributed by atoms with van der Waals surface area (Å²) < 4.78 is 1.80. The van der Waals surface area contributed by atoms with Gasteiger partial charge < -0.3 is 5.73 Å². The standard InChI is InChI=1S/C16H23N5O/c1-11-14-7-12(8-18-16(14)20(2)19-11)9-21(10-15(17)22)13-5-3-4-6-13/h7-8,13H,3-6,9-10H2,1-2H3,(H2,17,22). The van der Waals surface area contributed by atoms with Gasteiger partial charge in [0, 0.05) is 31.2 Å². The minimum Gasteiger partial charge on any atom is -0.369 e. The Morgan fingerprint density at radius 3 is 2.86 bits per heavy atom. The first-order chi connectivity index (χ1) is 10.5. The Labute approximate surface area is 130 Å². The molecule has 2 N–H and O–H groups in total. The van der Waals surface area contributed by atoms with Crippen molar-refractivity contribution >= 4 is 16.9 Å². The number of nitrogens with two attached hydrogens (primary N) is 1. The number of pyridine rings is 1. The van der Waals surface area contributed by atoms with Crippen molar-refractivity contribution in [1.29, 1.82) is 0 Å². The highest BCUT2D eigenvalue weighted by Gasteiger charge is 2.24. The molecule has 6 heteroatoms. The number of carbonyl (C=O) groups excluding carboxylic acids is 1. The quantitative estimate of drug-likeness (QED) is 0.908. The van der Waals surface area contributed by atoms with Gasteiger partial charge in [0.1, 0.15) is 0 Å². The highest BCUT2D eigenvalue weighted by Crippen LogP contribution is 2.25. The van der Waals surface area contributed by atoms with Gasteiger partial charge in [0.05, 0.1) is 12.2 Å². The van der Waals surface area contributed by atoms with E-state index in [0.717, 1.165) is 35.1 Å². The van der Waals surface area contributed by atoms with E-state index >= 15 is 0 Å². The van der Waals surface area contributed by atoms with E-state index in [1.165, 1.54) is 12.8 Å². The number of aryl methyl sites for hydroxylation is 2. The monoisotopic (exact) mass is 301 g/mol. The van der Waals surface area contributed by atoms with Gasteiger partial charge in [-0.2, -0.15) is 5.10 Å². The van der Waals surface area contributed by atoms with E-state index in [-0.39, 0.29) is 5.91 Å². The molecule has 2 aromatic heterocycles. The molecule has 1 aliphatic carbocycles. The Bertz CT molecular complexity index is 687. The lowest BCUT2D eigenvalue weighted by atomic mass is 10.1. The van der Waals surface area contributed by atoms with E-state index in [4.69, 9.17) is 5.73 Å². The summed E-state index contributed by atoms with van der Waals surface area (Å²) in [4.78, 5) is 18.1. The van der Waals surface area contributed by atoms with Crippen molar-refractivity contribution < 1.29 is 4.79 Å². The lowest BCUT2D eigenvalue weighted by Crippen LogP contribution is -2.39. The van der Waals surface area contributed by atoms with Crippen LogP contribution in [0.1, 0.15) is 36.9 Å². The summed E-state index contributed by atoms with van der Waals surface area (Å²) in [5, 5.41) is 5.48. The van der Waals surface area contributed by atoms with Crippen molar-refractivity contribution in [2.75, 3.05) is 6.54 Å². The molecule has 3 rings (SSSR count). The molecule has 2 aromatic rings. The van der Waals surface area contributed by atoms with Gasteiger partial charge in [0.15, 0.2) is 5.65 Å². The van der Waals surface area contributed by atoms with Crippen LogP contribution in [-0.2, 0) is 18.4 Å². The molecule has 0 spiro atoms. The number of rotatable bonds is 5. The normalized spacial score (nSPS) is 16.0. The first-order valence-corrected chi connectivity index (χ1v) is 7.85. The summed E-state index contributed by atoms with van der Waals surface area (Å²) >= 11 is 0. The van der Waals surface area contributed by atoms with Crippen molar-refractivity contribution in [1.82, 2.24) is 19.7 Å². The molecular weight excluding hydrogens is 278 g/mol. The van der Waals surface area contributed by atoms with E-state index in [2.05, 4.69) is 21.0 Å². The second kappa shape index (κ2) is 6.04. The molecule has 0 saturated heterocycles. The smallest absolute Gasteiger partial charge is 0.231 e. The summed E-state index contributed by atoms with van der Waals surface area (Å²) in [5.74, 6) is -0.265. The summed E-state index contributed by atoms with van der Waals surface area (Å²) in [6.07, 6.45) is 6.65. The van der Waals surface area contributed by atoms with Crippen LogP contribution >= 0.6 is 0 Å². The topological polar surface area (TPSA) is 77.0 Å². The summed E-state index contributed by atoms with van der Waals surface area (Å²) in [6.45, 7) is 3.02. The van der Waals surface area contributed by atoms with E-state index in [1.807, 2.05) is 20.2 Å². The Morgan fingerprint density at radius 1 is 1.45 bits per heavy atom. The summed E-state index contributed by atoms with van der Waals surface area (Å²) in [5.41, 5.74) is 8.40. The molecule has 0 aromatic carbocycles. The molecule has 118 valence electrons. The fourth-order valence-corrected chi connectivity index (χ4v) is 3.46. The van der Waals surface area contributed by atoms with Gasteiger partial charge >= 0.3 is 0 Å². The van der Waals surface area contributed by atoms with Gasteiger partial charge in [-0.3, -0.25) is 14.4 Å². The predicted octanol–water partition coefficient (Wildman–Crippen LogP) is 1.51. The molecule has 0 unspecified atom stereocenters. The zero-order chi connectivity index (χ0) is 15.7. The first kappa shape index (κ1) is 15.0. The average molecular weight is 301 g/mol. The van der Waals surface area contributed by atoms with Crippen LogP contribution in [0.3, 0.4) is 0 Å². The Morgan fingerprint density at radius 2 is 2.18 bits per heavy atom. The van der Waals surface area contributed by atoms with Crippen molar-refractivity contribution in [2.24, 2.45) is 12.8 Å². The molecule has 1 aliphatic rings. The highest BCUT2D eigenvalue weighted by atomic mass is 16.1. The second-order valence-corrected chi connectivity index (χ2v) is 6.23. The van der Waals surface area contributed by atoms with Crippen molar-refractivity contribution in [3.05, 3.63) is 23.5 Å². The molecular formula is C16H23N5O. The molecule has 0 aliphatic heterocycles. The molecule has 2 heterocycles. The van der Waals surface area contributed by atoms with E-state index in [1.54, 1.807) is 4.68 Å². The highest BCUT2D eigenvalue weighted by molar-refractivity contribution is 5.78. The molecule has 0 atom stereocenters. The van der Waals surface area contributed by atoms with Crippen LogP contribution in [0.5, 0.6) is 0 Å². The van der Waals surface area contributed by atoms with Gasteiger partial charge in [-0.05, 0) is 31.4 Å². The lowest BCUT2D eigenvalue weighted by Gasteiger charge is -2.27. The zero-order valence-electron chi connectivity index (χ0n) is 13.2. The first-order valence-electron chi connectivity index (χ1n) is 7.85. The van der Waals surface area contributed by atoms with E-state index < -0.39 is 0 Å². The van der Waals surface area contributed by atoms with Crippen LogP contribution in [0.15, 0.2) is 12.3 Å². The van der Waals surface area contributed by atoms with Crippen LogP contribution < -0.4 is 5.73 Å². The van der Waals surface area contributed by atoms with E-state index in [9.17, 15) is 4.79 Å². The lowest BCUT2D eigenvalue weighted by molar-refractivity contribution is -0.119. The van der Waals surface area contributed by atoms with Crippen molar-refractivity contribution in [2.45, 2.75) is 45.2 Å². The number of fused-ring (bicyclic) bond motifs is 1. The van der Waals surface area contributed by atoms with Crippen LogP contribution in [-0.4, -0.2) is 38.2 Å². The maximum atomic E-state index is 11.4. The number of carbonyl (C=O) groups is 1. The molecule has 6 nitrogen and oxygen atoms in total. The molecule has 22 heavy (non-hydrogen) atoms. The minimum absolute atomic E-state index is 0.265. The fraction of sp³-hybridized carbons (Fsp3) is 0.562. The van der Waals surface area contributed by atoms with Crippen LogP contribution in [0.25, 0.3) is 11.0 Å². The number of aromatic nitrogens is 3. The Balaban J connectivity index is 1.85. The van der Waals surface area contributed by atoms with Crippen LogP contribution in [0.4, 0.5) is 0 Å². The largest absolute Gasteiger partial charge is 0.369 e. The molecule has 1 saturated carbocycles. The molecule has 1 amide bonds. The Kier molecular flexibility index (Phi) is 4.11. The second-order valence-electron chi connectivity index (χ2n) is 6.23. The summed E-state index contributed by atoms with van der Waals surface area (Å²) in [6, 6.07) is 2.59. The maximum absolute atomic E-state index is 11.4. The third-order valence-corrected chi connectivity index (χ3v) is 4.51. The Hall–Kier alpha value is -1.95. The molecule has 1 fully saturated rings. The number of hydrogen-bond acceptors (Lipinski definition) is 4. The summed E-state index contributed by atoms with van der Waals surface area (Å²) in [7, 11) is 1.90. The number of primary amides is 1. The zero-order valence-corrected chi connectivity index (χ0v) is 13.2. The third kappa shape index (κ3) is 2.97. The average Bonchev–Trinajstić information content (AvgIpc) is 3.07. The molecule has 0 bridgehead atoms. The SMILES string of the molecule is Cc1nn(C)c2ncc(CN(CC(N)=O)C3CCCC3)cc12. The maximum Gasteiger partial charge on any atom is 0.231 e. The van der Waals surface area contributed by atoms with Gasteiger partial charge in [-0.25, -0.2) is 4.98 Å². The fourth-order valence-electron chi connectivity index (χ4n) is 3.46. The van der Waals surface area contributed by atoms with Crippen molar-refractivity contribution in [3.63, 3.8) is 0 Å². The van der Waals surface area contributed by atoms with Crippen LogP contribution in [0, 0.1) is 6.92 Å². The number of hydrogen-bond donors (Lipinski definition) is 1. The predicted molar refractivity (Wildman–Crippen MR) is 85.1 cm³/mol. The van der Waals surface area contributed by atoms with Gasteiger partial charge in [0.2, 0.25) is 5.91 Å². The minimum atomic E-state index is -0.265. The van der Waals surface area contributed by atoms with Gasteiger partial charge in [-0.15, -0.1) is 0 Å². The van der Waals surface area contributed by atoms with Crippen LogP contribution in [0.2, 0.25) is 0 Å². The number of amides is 1. The number of nitrogens with zero attached hydrogens (tertiary/aromatic N) is 4. The van der Waals surface area contributed by atoms with Gasteiger partial charge in [-0.1, -0.05) is 12.8 Å². The third-order valence-electron chi connectivity index (χ3n) is 4.51. The van der Waals surface area contributed by atoms with Crippen molar-refractivity contribution in [3.8, 4) is 0 Å².